The number of carbonyl (C=O) groups excluding carboxylic acids is 2. The summed E-state index contributed by atoms with van der Waals surface area (Å²) >= 11 is 0. The van der Waals surface area contributed by atoms with Crippen molar-refractivity contribution in [3.8, 4) is 12.3 Å². The number of benzene rings is 1. The highest BCUT2D eigenvalue weighted by Gasteiger charge is 2.17. The van der Waals surface area contributed by atoms with Gasteiger partial charge in [-0.15, -0.1) is 6.42 Å². The van der Waals surface area contributed by atoms with Gasteiger partial charge in [0.2, 0.25) is 0 Å². The van der Waals surface area contributed by atoms with Gasteiger partial charge in [0.05, 0.1) is 0 Å². The van der Waals surface area contributed by atoms with Gasteiger partial charge in [0.15, 0.2) is 0 Å². The van der Waals surface area contributed by atoms with Crippen LogP contribution in [0.3, 0.4) is 0 Å². The maximum atomic E-state index is 11.9. The first-order chi connectivity index (χ1) is 11.0. The van der Waals surface area contributed by atoms with Crippen LogP contribution in [-0.2, 0) is 9.59 Å². The molecule has 0 bridgehead atoms. The largest absolute Gasteiger partial charge is 0.396 e. The molecule has 0 saturated carbocycles. The fourth-order valence-electron chi connectivity index (χ4n) is 2.34. The number of anilines is 1. The number of rotatable bonds is 7. The fourth-order valence-corrected chi connectivity index (χ4v) is 2.34. The number of hydrogen-bond acceptors (Lipinski definition) is 3. The number of aliphatic hydroxyl groups excluding tert-OH is 1. The Morgan fingerprint density at radius 1 is 1.30 bits per heavy atom. The van der Waals surface area contributed by atoms with Crippen LogP contribution in [0.5, 0.6) is 0 Å². The summed E-state index contributed by atoms with van der Waals surface area (Å²) in [5.74, 6) is 1.66. The third-order valence-corrected chi connectivity index (χ3v) is 3.39. The summed E-state index contributed by atoms with van der Waals surface area (Å²) in [5, 5.41) is 14.2. The first kappa shape index (κ1) is 18.7. The molecule has 23 heavy (non-hydrogen) atoms. The molecule has 5 nitrogen and oxygen atoms in total. The monoisotopic (exact) mass is 316 g/mol. The van der Waals surface area contributed by atoms with Gasteiger partial charge in [-0.3, -0.25) is 9.59 Å². The van der Waals surface area contributed by atoms with Gasteiger partial charge in [-0.05, 0) is 42.9 Å². The fraction of sp³-hybridized carbons (Fsp3) is 0.444. The lowest BCUT2D eigenvalue weighted by Gasteiger charge is -2.18. The summed E-state index contributed by atoms with van der Waals surface area (Å²) in [4.78, 5) is 23.8. The molecule has 0 spiro atoms. The Labute approximate surface area is 137 Å². The summed E-state index contributed by atoms with van der Waals surface area (Å²) in [7, 11) is 0. The van der Waals surface area contributed by atoms with E-state index in [9.17, 15) is 9.59 Å². The second kappa shape index (κ2) is 9.65. The molecule has 2 amide bonds. The van der Waals surface area contributed by atoms with Crippen LogP contribution in [0.25, 0.3) is 0 Å². The first-order valence-electron chi connectivity index (χ1n) is 7.73. The highest BCUT2D eigenvalue weighted by atomic mass is 16.3. The van der Waals surface area contributed by atoms with Crippen molar-refractivity contribution in [2.45, 2.75) is 26.7 Å². The molecule has 1 aromatic rings. The van der Waals surface area contributed by atoms with Crippen LogP contribution >= 0.6 is 0 Å². The van der Waals surface area contributed by atoms with E-state index in [1.54, 1.807) is 24.3 Å². The summed E-state index contributed by atoms with van der Waals surface area (Å²) < 4.78 is 0. The number of nitrogens with one attached hydrogen (secondary N) is 2. The van der Waals surface area contributed by atoms with Gasteiger partial charge in [0.1, 0.15) is 0 Å². The molecule has 0 heterocycles. The molecule has 0 aromatic heterocycles. The van der Waals surface area contributed by atoms with E-state index in [0.717, 1.165) is 6.42 Å². The van der Waals surface area contributed by atoms with Crippen molar-refractivity contribution in [1.82, 2.24) is 5.32 Å². The highest BCUT2D eigenvalue weighted by molar-refractivity contribution is 6.39. The van der Waals surface area contributed by atoms with Gasteiger partial charge in [-0.2, -0.15) is 0 Å². The van der Waals surface area contributed by atoms with E-state index >= 15 is 0 Å². The molecular formula is C18H24N2O3. The van der Waals surface area contributed by atoms with Gasteiger partial charge in [0.25, 0.3) is 0 Å². The Bertz CT molecular complexity index is 576. The molecule has 0 radical (unpaired) electrons. The van der Waals surface area contributed by atoms with Crippen LogP contribution in [0.4, 0.5) is 5.69 Å². The third-order valence-electron chi connectivity index (χ3n) is 3.39. The van der Waals surface area contributed by atoms with Crippen molar-refractivity contribution in [1.29, 1.82) is 0 Å². The average Bonchev–Trinajstić information content (AvgIpc) is 2.52. The Morgan fingerprint density at radius 2 is 2.04 bits per heavy atom. The standard InChI is InChI=1S/C18H24N2O3/c1-4-14-6-5-7-16(11-14)20-18(23)17(22)19-12-15(8-9-21)10-13(2)3/h1,5-7,11,13,15,21H,8-10,12H2,2-3H3,(H,19,22)(H,20,23). The minimum absolute atomic E-state index is 0.0678. The third kappa shape index (κ3) is 6.98. The zero-order valence-electron chi connectivity index (χ0n) is 13.6. The van der Waals surface area contributed by atoms with Gasteiger partial charge in [0, 0.05) is 24.4 Å². The van der Waals surface area contributed by atoms with Crippen molar-refractivity contribution in [2.75, 3.05) is 18.5 Å². The molecule has 1 atom stereocenters. The number of aliphatic hydroxyl groups is 1. The van der Waals surface area contributed by atoms with Crippen molar-refractivity contribution >= 4 is 17.5 Å². The Morgan fingerprint density at radius 3 is 2.65 bits per heavy atom. The number of terminal acetylenes is 1. The molecule has 0 aliphatic carbocycles. The number of carbonyl (C=O) groups is 2. The van der Waals surface area contributed by atoms with Crippen molar-refractivity contribution < 1.29 is 14.7 Å². The lowest BCUT2D eigenvalue weighted by atomic mass is 9.94. The molecule has 0 fully saturated rings. The van der Waals surface area contributed by atoms with E-state index < -0.39 is 11.8 Å². The number of amides is 2. The van der Waals surface area contributed by atoms with E-state index in [1.807, 2.05) is 0 Å². The number of hydrogen-bond donors (Lipinski definition) is 3. The van der Waals surface area contributed by atoms with Gasteiger partial charge < -0.3 is 15.7 Å². The molecule has 1 aromatic carbocycles. The molecule has 0 aliphatic rings. The van der Waals surface area contributed by atoms with Crippen LogP contribution in [0.1, 0.15) is 32.3 Å². The Kier molecular flexibility index (Phi) is 7.86. The molecule has 124 valence electrons. The van der Waals surface area contributed by atoms with E-state index in [-0.39, 0.29) is 12.5 Å². The maximum Gasteiger partial charge on any atom is 0.313 e. The minimum Gasteiger partial charge on any atom is -0.396 e. The zero-order chi connectivity index (χ0) is 17.2. The summed E-state index contributed by atoms with van der Waals surface area (Å²) in [5.41, 5.74) is 1.11. The summed E-state index contributed by atoms with van der Waals surface area (Å²) in [6.07, 6.45) is 6.78. The van der Waals surface area contributed by atoms with Gasteiger partial charge in [-0.25, -0.2) is 0 Å². The Balaban J connectivity index is 2.52. The smallest absolute Gasteiger partial charge is 0.313 e. The van der Waals surface area contributed by atoms with Crippen LogP contribution in [0.2, 0.25) is 0 Å². The second-order valence-electron chi connectivity index (χ2n) is 5.90. The van der Waals surface area contributed by atoms with E-state index in [0.29, 0.717) is 30.1 Å². The van der Waals surface area contributed by atoms with Crippen molar-refractivity contribution in [2.24, 2.45) is 11.8 Å². The molecule has 3 N–H and O–H groups in total. The lowest BCUT2D eigenvalue weighted by molar-refractivity contribution is -0.136. The topological polar surface area (TPSA) is 78.4 Å². The summed E-state index contributed by atoms with van der Waals surface area (Å²) in [6.45, 7) is 4.60. The van der Waals surface area contributed by atoms with Gasteiger partial charge in [-0.1, -0.05) is 25.8 Å². The molecule has 0 saturated heterocycles. The molecule has 5 heteroatoms. The average molecular weight is 316 g/mol. The normalized spacial score (nSPS) is 11.6. The van der Waals surface area contributed by atoms with Crippen LogP contribution in [-0.4, -0.2) is 30.1 Å². The molecular weight excluding hydrogens is 292 g/mol. The lowest BCUT2D eigenvalue weighted by Crippen LogP contribution is -2.38. The predicted octanol–water partition coefficient (Wildman–Crippen LogP) is 1.77. The zero-order valence-corrected chi connectivity index (χ0v) is 13.6. The van der Waals surface area contributed by atoms with Crippen LogP contribution in [0, 0.1) is 24.2 Å². The molecule has 0 aliphatic heterocycles. The first-order valence-corrected chi connectivity index (χ1v) is 7.73. The Hall–Kier alpha value is -2.32. The highest BCUT2D eigenvalue weighted by Crippen LogP contribution is 2.14. The molecule has 1 unspecified atom stereocenters. The maximum absolute atomic E-state index is 11.9. The molecule has 1 rings (SSSR count). The van der Waals surface area contributed by atoms with Crippen LogP contribution < -0.4 is 10.6 Å². The quantitative estimate of drug-likeness (QED) is 0.530. The predicted molar refractivity (Wildman–Crippen MR) is 90.7 cm³/mol. The van der Waals surface area contributed by atoms with E-state index in [2.05, 4.69) is 30.4 Å². The van der Waals surface area contributed by atoms with Gasteiger partial charge >= 0.3 is 11.8 Å². The summed E-state index contributed by atoms with van der Waals surface area (Å²) in [6, 6.07) is 6.74. The minimum atomic E-state index is -0.730. The van der Waals surface area contributed by atoms with Crippen LogP contribution in [0.15, 0.2) is 24.3 Å². The second-order valence-corrected chi connectivity index (χ2v) is 5.90. The van der Waals surface area contributed by atoms with Crippen molar-refractivity contribution in [3.63, 3.8) is 0 Å². The SMILES string of the molecule is C#Cc1cccc(NC(=O)C(=O)NCC(CCO)CC(C)C)c1. The van der Waals surface area contributed by atoms with E-state index in [1.165, 1.54) is 0 Å². The van der Waals surface area contributed by atoms with Crippen molar-refractivity contribution in [3.05, 3.63) is 29.8 Å². The van der Waals surface area contributed by atoms with E-state index in [4.69, 9.17) is 11.5 Å².